The molecule has 0 radical (unpaired) electrons. The molecule has 110 valence electrons. The SMILES string of the molecule is CCOc1ccc(C(C)NC(=O)C2COCC2N)cc1. The van der Waals surface area contributed by atoms with Gasteiger partial charge in [0, 0.05) is 6.04 Å². The molecule has 1 aromatic rings. The first-order valence-electron chi connectivity index (χ1n) is 6.98. The predicted octanol–water partition coefficient (Wildman–Crippen LogP) is 1.24. The van der Waals surface area contributed by atoms with E-state index in [1.54, 1.807) is 0 Å². The molecular formula is C15H22N2O3. The molecule has 1 heterocycles. The maximum absolute atomic E-state index is 12.1. The predicted molar refractivity (Wildman–Crippen MR) is 76.5 cm³/mol. The van der Waals surface area contributed by atoms with E-state index in [0.29, 0.717) is 19.8 Å². The summed E-state index contributed by atoms with van der Waals surface area (Å²) in [6.07, 6.45) is 0. The lowest BCUT2D eigenvalue weighted by Gasteiger charge is -2.19. The highest BCUT2D eigenvalue weighted by Gasteiger charge is 2.31. The second-order valence-electron chi connectivity index (χ2n) is 5.04. The number of nitrogens with two attached hydrogens (primary N) is 1. The largest absolute Gasteiger partial charge is 0.494 e. The molecule has 1 aliphatic heterocycles. The molecule has 3 N–H and O–H groups in total. The zero-order chi connectivity index (χ0) is 14.5. The minimum atomic E-state index is -0.250. The van der Waals surface area contributed by atoms with Crippen molar-refractivity contribution >= 4 is 5.91 Å². The normalized spacial score (nSPS) is 23.4. The second-order valence-corrected chi connectivity index (χ2v) is 5.04. The Morgan fingerprint density at radius 2 is 2.15 bits per heavy atom. The van der Waals surface area contributed by atoms with Crippen LogP contribution in [0.3, 0.4) is 0 Å². The summed E-state index contributed by atoms with van der Waals surface area (Å²) in [5.41, 5.74) is 6.88. The average molecular weight is 278 g/mol. The number of carbonyl (C=O) groups excluding carboxylic acids is 1. The van der Waals surface area contributed by atoms with E-state index in [1.165, 1.54) is 0 Å². The van der Waals surface area contributed by atoms with Crippen LogP contribution in [0.25, 0.3) is 0 Å². The highest BCUT2D eigenvalue weighted by atomic mass is 16.5. The molecule has 3 unspecified atom stereocenters. The van der Waals surface area contributed by atoms with Crippen molar-refractivity contribution < 1.29 is 14.3 Å². The zero-order valence-electron chi connectivity index (χ0n) is 12.0. The van der Waals surface area contributed by atoms with E-state index < -0.39 is 0 Å². The van der Waals surface area contributed by atoms with Crippen molar-refractivity contribution in [1.82, 2.24) is 5.32 Å². The molecule has 5 heteroatoms. The first-order valence-corrected chi connectivity index (χ1v) is 6.98. The monoisotopic (exact) mass is 278 g/mol. The van der Waals surface area contributed by atoms with Gasteiger partial charge in [-0.3, -0.25) is 4.79 Å². The smallest absolute Gasteiger partial charge is 0.227 e. The Morgan fingerprint density at radius 1 is 1.45 bits per heavy atom. The maximum atomic E-state index is 12.1. The van der Waals surface area contributed by atoms with Crippen LogP contribution in [-0.4, -0.2) is 31.8 Å². The van der Waals surface area contributed by atoms with Crippen molar-refractivity contribution in [2.45, 2.75) is 25.9 Å². The number of benzene rings is 1. The van der Waals surface area contributed by atoms with Gasteiger partial charge in [-0.05, 0) is 31.5 Å². The molecule has 0 spiro atoms. The number of rotatable bonds is 5. The van der Waals surface area contributed by atoms with Gasteiger partial charge in [0.2, 0.25) is 5.91 Å². The van der Waals surface area contributed by atoms with E-state index in [1.807, 2.05) is 38.1 Å². The fourth-order valence-electron chi connectivity index (χ4n) is 2.26. The lowest BCUT2D eigenvalue weighted by Crippen LogP contribution is -2.41. The molecule has 5 nitrogen and oxygen atoms in total. The Labute approximate surface area is 119 Å². The van der Waals surface area contributed by atoms with Gasteiger partial charge >= 0.3 is 0 Å². The average Bonchev–Trinajstić information content (AvgIpc) is 2.86. The van der Waals surface area contributed by atoms with Gasteiger partial charge in [-0.25, -0.2) is 0 Å². The lowest BCUT2D eigenvalue weighted by molar-refractivity contribution is -0.125. The fraction of sp³-hybridized carbons (Fsp3) is 0.533. The molecule has 1 amide bonds. The van der Waals surface area contributed by atoms with Crippen molar-refractivity contribution in [2.24, 2.45) is 11.7 Å². The van der Waals surface area contributed by atoms with Crippen molar-refractivity contribution in [3.63, 3.8) is 0 Å². The summed E-state index contributed by atoms with van der Waals surface area (Å²) < 4.78 is 10.6. The van der Waals surface area contributed by atoms with E-state index in [2.05, 4.69) is 5.32 Å². The van der Waals surface area contributed by atoms with Gasteiger partial charge in [0.25, 0.3) is 0 Å². The van der Waals surface area contributed by atoms with Crippen molar-refractivity contribution in [3.05, 3.63) is 29.8 Å². The Kier molecular flexibility index (Phi) is 4.98. The first-order chi connectivity index (χ1) is 9.61. The Hall–Kier alpha value is -1.59. The van der Waals surface area contributed by atoms with Crippen LogP contribution < -0.4 is 15.8 Å². The molecule has 1 fully saturated rings. The second kappa shape index (κ2) is 6.72. The number of ether oxygens (including phenoxy) is 2. The highest BCUT2D eigenvalue weighted by molar-refractivity contribution is 5.80. The van der Waals surface area contributed by atoms with Crippen molar-refractivity contribution in [1.29, 1.82) is 0 Å². The van der Waals surface area contributed by atoms with Gasteiger partial charge in [0.05, 0.1) is 31.8 Å². The van der Waals surface area contributed by atoms with Crippen LogP contribution in [0, 0.1) is 5.92 Å². The number of hydrogen-bond donors (Lipinski definition) is 2. The summed E-state index contributed by atoms with van der Waals surface area (Å²) in [5, 5.41) is 2.98. The standard InChI is InChI=1S/C15H22N2O3/c1-3-20-12-6-4-11(5-7-12)10(2)17-15(18)13-8-19-9-14(13)16/h4-7,10,13-14H,3,8-9,16H2,1-2H3,(H,17,18). The van der Waals surface area contributed by atoms with E-state index in [0.717, 1.165) is 11.3 Å². The molecule has 0 bridgehead atoms. The lowest BCUT2D eigenvalue weighted by atomic mass is 10.0. The third kappa shape index (κ3) is 3.49. The minimum absolute atomic E-state index is 0.0450. The molecule has 1 saturated heterocycles. The van der Waals surface area contributed by atoms with Gasteiger partial charge in [0.1, 0.15) is 5.75 Å². The van der Waals surface area contributed by atoms with Crippen LogP contribution in [0.1, 0.15) is 25.5 Å². The Bertz CT molecular complexity index is 447. The van der Waals surface area contributed by atoms with Gasteiger partial charge < -0.3 is 20.5 Å². The quantitative estimate of drug-likeness (QED) is 0.850. The van der Waals surface area contributed by atoms with Gasteiger partial charge in [-0.2, -0.15) is 0 Å². The van der Waals surface area contributed by atoms with E-state index in [4.69, 9.17) is 15.2 Å². The molecule has 1 aliphatic rings. The van der Waals surface area contributed by atoms with E-state index in [-0.39, 0.29) is 23.9 Å². The number of amides is 1. The minimum Gasteiger partial charge on any atom is -0.494 e. The Balaban J connectivity index is 1.93. The Morgan fingerprint density at radius 3 is 2.70 bits per heavy atom. The van der Waals surface area contributed by atoms with Crippen LogP contribution in [0.5, 0.6) is 5.75 Å². The summed E-state index contributed by atoms with van der Waals surface area (Å²) in [7, 11) is 0. The molecule has 2 rings (SSSR count). The van der Waals surface area contributed by atoms with Gasteiger partial charge in [0.15, 0.2) is 0 Å². The topological polar surface area (TPSA) is 73.6 Å². The summed E-state index contributed by atoms with van der Waals surface area (Å²) in [5.74, 6) is 0.539. The van der Waals surface area contributed by atoms with Gasteiger partial charge in [-0.15, -0.1) is 0 Å². The number of carbonyl (C=O) groups is 1. The molecule has 0 saturated carbocycles. The zero-order valence-corrected chi connectivity index (χ0v) is 12.0. The van der Waals surface area contributed by atoms with Gasteiger partial charge in [-0.1, -0.05) is 12.1 Å². The highest BCUT2D eigenvalue weighted by Crippen LogP contribution is 2.19. The van der Waals surface area contributed by atoms with Crippen LogP contribution in [-0.2, 0) is 9.53 Å². The molecule has 20 heavy (non-hydrogen) atoms. The van der Waals surface area contributed by atoms with Crippen LogP contribution in [0.2, 0.25) is 0 Å². The van der Waals surface area contributed by atoms with E-state index >= 15 is 0 Å². The summed E-state index contributed by atoms with van der Waals surface area (Å²) >= 11 is 0. The van der Waals surface area contributed by atoms with E-state index in [9.17, 15) is 4.79 Å². The summed E-state index contributed by atoms with van der Waals surface area (Å²) in [6.45, 7) is 5.41. The van der Waals surface area contributed by atoms with Crippen LogP contribution in [0.4, 0.5) is 0 Å². The third-order valence-electron chi connectivity index (χ3n) is 3.51. The summed E-state index contributed by atoms with van der Waals surface area (Å²) in [6, 6.07) is 7.47. The molecule has 0 aliphatic carbocycles. The number of hydrogen-bond acceptors (Lipinski definition) is 4. The molecule has 0 aromatic heterocycles. The number of nitrogens with one attached hydrogen (secondary N) is 1. The molecular weight excluding hydrogens is 256 g/mol. The maximum Gasteiger partial charge on any atom is 0.227 e. The third-order valence-corrected chi connectivity index (χ3v) is 3.51. The van der Waals surface area contributed by atoms with Crippen molar-refractivity contribution in [3.8, 4) is 5.75 Å². The van der Waals surface area contributed by atoms with Crippen LogP contribution in [0.15, 0.2) is 24.3 Å². The van der Waals surface area contributed by atoms with Crippen LogP contribution >= 0.6 is 0 Å². The molecule has 1 aromatic carbocycles. The first kappa shape index (κ1) is 14.8. The molecule has 3 atom stereocenters. The summed E-state index contributed by atoms with van der Waals surface area (Å²) in [4.78, 5) is 12.1. The fourth-order valence-corrected chi connectivity index (χ4v) is 2.26. The van der Waals surface area contributed by atoms with Crippen molar-refractivity contribution in [2.75, 3.05) is 19.8 Å².